The molecular weight excluding hydrogens is 313 g/mol. The minimum absolute atomic E-state index is 0.0852. The van der Waals surface area contributed by atoms with Crippen LogP contribution in [0, 0.1) is 0 Å². The van der Waals surface area contributed by atoms with Gasteiger partial charge in [0, 0.05) is 13.2 Å². The van der Waals surface area contributed by atoms with Gasteiger partial charge in [0.15, 0.2) is 0 Å². The number of hydrogen-bond acceptors (Lipinski definition) is 4. The van der Waals surface area contributed by atoms with E-state index in [-0.39, 0.29) is 5.69 Å². The van der Waals surface area contributed by atoms with Gasteiger partial charge in [0.2, 0.25) is 10.0 Å². The molecule has 0 radical (unpaired) electrons. The van der Waals surface area contributed by atoms with Crippen LogP contribution in [0.2, 0.25) is 0 Å². The van der Waals surface area contributed by atoms with Crippen molar-refractivity contribution in [3.63, 3.8) is 0 Å². The number of carbonyl (C=O) groups excluding carboxylic acids is 1. The minimum Gasteiger partial charge on any atom is -0.464 e. The van der Waals surface area contributed by atoms with Crippen LogP contribution in [-0.4, -0.2) is 38.3 Å². The number of aromatic nitrogens is 1. The van der Waals surface area contributed by atoms with Crippen LogP contribution >= 0.6 is 0 Å². The van der Waals surface area contributed by atoms with E-state index in [1.54, 1.807) is 4.72 Å². The Labute approximate surface area is 119 Å². The van der Waals surface area contributed by atoms with E-state index in [0.29, 0.717) is 0 Å². The van der Waals surface area contributed by atoms with Gasteiger partial charge in [0.1, 0.15) is 16.6 Å². The number of ether oxygens (including phenoxy) is 1. The Bertz CT molecular complexity index is 622. The summed E-state index contributed by atoms with van der Waals surface area (Å²) >= 11 is 0. The van der Waals surface area contributed by atoms with E-state index >= 15 is 0 Å². The molecule has 0 aliphatic heterocycles. The van der Waals surface area contributed by atoms with Gasteiger partial charge in [-0.3, -0.25) is 0 Å². The lowest BCUT2D eigenvalue weighted by Gasteiger charge is -2.19. The molecule has 10 heteroatoms. The predicted octanol–water partition coefficient (Wildman–Crippen LogP) is 1.43. The Morgan fingerprint density at radius 2 is 2.05 bits per heavy atom. The molecule has 0 saturated carbocycles. The predicted molar refractivity (Wildman–Crippen MR) is 67.2 cm³/mol. The molecule has 1 heterocycles. The first-order chi connectivity index (χ1) is 9.52. The van der Waals surface area contributed by atoms with Crippen molar-refractivity contribution in [2.45, 2.75) is 30.5 Å². The summed E-state index contributed by atoms with van der Waals surface area (Å²) in [5.41, 5.74) is -0.0852. The van der Waals surface area contributed by atoms with E-state index in [1.165, 1.54) is 14.0 Å². The third-order valence-electron chi connectivity index (χ3n) is 2.79. The molecule has 1 N–H and O–H groups in total. The monoisotopic (exact) mass is 328 g/mol. The number of methoxy groups -OCH3 is 1. The molecule has 1 atom stereocenters. The van der Waals surface area contributed by atoms with Gasteiger partial charge >= 0.3 is 12.1 Å². The van der Waals surface area contributed by atoms with Crippen molar-refractivity contribution in [1.82, 2.24) is 9.29 Å². The van der Waals surface area contributed by atoms with Crippen molar-refractivity contribution >= 4 is 16.0 Å². The Hall–Kier alpha value is -1.55. The maximum atomic E-state index is 12.6. The first-order valence-corrected chi connectivity index (χ1v) is 7.35. The number of halogens is 3. The molecule has 0 amide bonds. The normalized spacial score (nSPS) is 14.0. The van der Waals surface area contributed by atoms with E-state index in [9.17, 15) is 26.4 Å². The topological polar surface area (TPSA) is 77.4 Å². The van der Waals surface area contributed by atoms with Crippen molar-refractivity contribution in [2.24, 2.45) is 7.05 Å². The average molecular weight is 328 g/mol. The van der Waals surface area contributed by atoms with Crippen LogP contribution in [0.1, 0.15) is 23.8 Å². The van der Waals surface area contributed by atoms with Gasteiger partial charge in [-0.15, -0.1) is 0 Å². The number of nitrogens with zero attached hydrogens (tertiary/aromatic N) is 1. The Morgan fingerprint density at radius 3 is 2.48 bits per heavy atom. The summed E-state index contributed by atoms with van der Waals surface area (Å²) in [6.07, 6.45) is -4.10. The zero-order chi connectivity index (χ0) is 16.4. The molecule has 0 fully saturated rings. The van der Waals surface area contributed by atoms with Crippen LogP contribution in [0.25, 0.3) is 0 Å². The zero-order valence-corrected chi connectivity index (χ0v) is 12.4. The van der Waals surface area contributed by atoms with Gasteiger partial charge in [-0.25, -0.2) is 13.2 Å². The average Bonchev–Trinajstić information content (AvgIpc) is 2.76. The number of alkyl halides is 3. The van der Waals surface area contributed by atoms with E-state index in [4.69, 9.17) is 0 Å². The smallest absolute Gasteiger partial charge is 0.404 e. The summed E-state index contributed by atoms with van der Waals surface area (Å²) in [4.78, 5) is 10.9. The molecule has 1 rings (SSSR count). The number of carbonyl (C=O) groups is 1. The third kappa shape index (κ3) is 3.97. The fraction of sp³-hybridized carbons (Fsp3) is 0.545. The summed E-state index contributed by atoms with van der Waals surface area (Å²) in [6.45, 7) is 1.21. The van der Waals surface area contributed by atoms with E-state index in [2.05, 4.69) is 4.74 Å². The van der Waals surface area contributed by atoms with Crippen LogP contribution in [0.5, 0.6) is 0 Å². The fourth-order valence-corrected chi connectivity index (χ4v) is 3.00. The molecule has 0 bridgehead atoms. The van der Waals surface area contributed by atoms with E-state index < -0.39 is 39.5 Å². The van der Waals surface area contributed by atoms with Crippen molar-refractivity contribution in [2.75, 3.05) is 7.11 Å². The number of rotatable bonds is 5. The summed E-state index contributed by atoms with van der Waals surface area (Å²) in [5, 5.41) is 0. The zero-order valence-electron chi connectivity index (χ0n) is 11.6. The largest absolute Gasteiger partial charge is 0.464 e. The molecule has 6 nitrogen and oxygen atoms in total. The Kier molecular flexibility index (Phi) is 5.05. The van der Waals surface area contributed by atoms with Crippen LogP contribution in [0.15, 0.2) is 17.2 Å². The first kappa shape index (κ1) is 17.5. The molecule has 0 aromatic carbocycles. The first-order valence-electron chi connectivity index (χ1n) is 5.86. The van der Waals surface area contributed by atoms with Crippen molar-refractivity contribution < 1.29 is 31.1 Å². The quantitative estimate of drug-likeness (QED) is 0.830. The molecule has 1 aromatic heterocycles. The standard InChI is InChI=1S/C11H15F3N2O4S/c1-4-9(11(12,13)14)15-21(18,19)7-5-8(10(17)20-3)16(2)6-7/h5-6,9,15H,4H2,1-3H3/t9-/m0/s1. The van der Waals surface area contributed by atoms with Crippen LogP contribution in [-0.2, 0) is 21.8 Å². The highest BCUT2D eigenvalue weighted by Gasteiger charge is 2.41. The van der Waals surface area contributed by atoms with E-state index in [0.717, 1.165) is 23.9 Å². The lowest BCUT2D eigenvalue weighted by molar-refractivity contribution is -0.151. The molecule has 0 aliphatic carbocycles. The molecule has 120 valence electrons. The summed E-state index contributed by atoms with van der Waals surface area (Å²) in [5.74, 6) is -0.790. The Morgan fingerprint density at radius 1 is 1.48 bits per heavy atom. The summed E-state index contributed by atoms with van der Waals surface area (Å²) < 4.78 is 69.0. The highest BCUT2D eigenvalue weighted by Crippen LogP contribution is 2.24. The highest BCUT2D eigenvalue weighted by molar-refractivity contribution is 7.89. The number of hydrogen-bond donors (Lipinski definition) is 1. The van der Waals surface area contributed by atoms with Crippen molar-refractivity contribution in [3.8, 4) is 0 Å². The second-order valence-corrected chi connectivity index (χ2v) is 6.00. The molecule has 0 aliphatic rings. The van der Waals surface area contributed by atoms with Crippen molar-refractivity contribution in [1.29, 1.82) is 0 Å². The van der Waals surface area contributed by atoms with Gasteiger partial charge in [0.05, 0.1) is 7.11 Å². The molecule has 1 aromatic rings. The van der Waals surface area contributed by atoms with Gasteiger partial charge < -0.3 is 9.30 Å². The maximum Gasteiger partial charge on any atom is 0.404 e. The van der Waals surface area contributed by atoms with Gasteiger partial charge in [-0.1, -0.05) is 6.92 Å². The SMILES string of the molecule is CC[C@H](NS(=O)(=O)c1cc(C(=O)OC)n(C)c1)C(F)(F)F. The second kappa shape index (κ2) is 6.06. The second-order valence-electron chi connectivity index (χ2n) is 4.29. The van der Waals surface area contributed by atoms with Crippen molar-refractivity contribution in [3.05, 3.63) is 18.0 Å². The fourth-order valence-electron chi connectivity index (χ4n) is 1.63. The van der Waals surface area contributed by atoms with Crippen LogP contribution < -0.4 is 4.72 Å². The molecular formula is C11H15F3N2O4S. The number of aryl methyl sites for hydroxylation is 1. The Balaban J connectivity index is 3.12. The number of esters is 1. The number of nitrogens with one attached hydrogen (secondary N) is 1. The molecule has 0 unspecified atom stereocenters. The lowest BCUT2D eigenvalue weighted by atomic mass is 10.2. The summed E-state index contributed by atoms with van der Waals surface area (Å²) in [7, 11) is -1.91. The van der Waals surface area contributed by atoms with Gasteiger partial charge in [-0.2, -0.15) is 17.9 Å². The third-order valence-corrected chi connectivity index (χ3v) is 4.22. The van der Waals surface area contributed by atoms with Gasteiger partial charge in [0.25, 0.3) is 0 Å². The van der Waals surface area contributed by atoms with Crippen LogP contribution in [0.3, 0.4) is 0 Å². The lowest BCUT2D eigenvalue weighted by Crippen LogP contribution is -2.44. The van der Waals surface area contributed by atoms with E-state index in [1.807, 2.05) is 0 Å². The number of sulfonamides is 1. The maximum absolute atomic E-state index is 12.6. The van der Waals surface area contributed by atoms with Gasteiger partial charge in [-0.05, 0) is 12.5 Å². The highest BCUT2D eigenvalue weighted by atomic mass is 32.2. The van der Waals surface area contributed by atoms with Crippen LogP contribution in [0.4, 0.5) is 13.2 Å². The minimum atomic E-state index is -4.69. The molecule has 21 heavy (non-hydrogen) atoms. The molecule has 0 spiro atoms. The molecule has 0 saturated heterocycles. The summed E-state index contributed by atoms with van der Waals surface area (Å²) in [6, 6.07) is -1.23.